The van der Waals surface area contributed by atoms with Crippen LogP contribution in [0.3, 0.4) is 0 Å². The fourth-order valence-electron chi connectivity index (χ4n) is 0.411. The molecule has 0 aromatic carbocycles. The van der Waals surface area contributed by atoms with Gasteiger partial charge in [0, 0.05) is 5.54 Å². The van der Waals surface area contributed by atoms with E-state index in [-0.39, 0.29) is 6.61 Å². The minimum absolute atomic E-state index is 0.0150. The van der Waals surface area contributed by atoms with Gasteiger partial charge in [-0.05, 0) is 20.3 Å². The Morgan fingerprint density at radius 2 is 2.00 bits per heavy atom. The maximum atomic E-state index is 11.3. The average Bonchev–Trinajstić information content (AvgIpc) is 1.59. The van der Waals surface area contributed by atoms with Crippen LogP contribution >= 0.6 is 0 Å². The van der Waals surface area contributed by atoms with Gasteiger partial charge in [0.15, 0.2) is 0 Å². The third kappa shape index (κ3) is 7.78. The average molecular weight is 153 g/mol. The van der Waals surface area contributed by atoms with E-state index < -0.39 is 12.2 Å². The van der Waals surface area contributed by atoms with Gasteiger partial charge in [0.05, 0.1) is 6.61 Å². The van der Waals surface area contributed by atoms with Gasteiger partial charge in [-0.25, -0.2) is 0 Å². The molecule has 0 aliphatic carbocycles. The van der Waals surface area contributed by atoms with Crippen LogP contribution in [0.2, 0.25) is 0 Å². The summed E-state index contributed by atoms with van der Waals surface area (Å²) in [6.07, 6.45) is 0.442. The molecule has 0 atom stereocenters. The Kier molecular flexibility index (Phi) is 3.75. The first-order valence-corrected chi connectivity index (χ1v) is 3.10. The van der Waals surface area contributed by atoms with E-state index in [4.69, 9.17) is 5.73 Å². The molecule has 0 unspecified atom stereocenters. The van der Waals surface area contributed by atoms with E-state index in [9.17, 15) is 8.78 Å². The number of hydrogen-bond donors (Lipinski definition) is 1. The van der Waals surface area contributed by atoms with Crippen LogP contribution in [0.5, 0.6) is 0 Å². The number of rotatable bonds is 4. The van der Waals surface area contributed by atoms with Crippen molar-refractivity contribution in [2.75, 3.05) is 6.61 Å². The molecule has 0 bridgehead atoms. The first kappa shape index (κ1) is 9.78. The van der Waals surface area contributed by atoms with Crippen LogP contribution in [0.1, 0.15) is 20.3 Å². The Balaban J connectivity index is 3.21. The summed E-state index contributed by atoms with van der Waals surface area (Å²) in [5.41, 5.74) is 5.08. The maximum absolute atomic E-state index is 11.3. The Labute approximate surface area is 59.3 Å². The van der Waals surface area contributed by atoms with E-state index in [0.717, 1.165) is 0 Å². The van der Waals surface area contributed by atoms with Crippen molar-refractivity contribution in [3.63, 3.8) is 0 Å². The first-order valence-electron chi connectivity index (χ1n) is 3.10. The van der Waals surface area contributed by atoms with Gasteiger partial charge in [0.25, 0.3) is 0 Å². The molecule has 0 radical (unpaired) electrons. The van der Waals surface area contributed by atoms with Crippen LogP contribution in [0.25, 0.3) is 0 Å². The topological polar surface area (TPSA) is 35.2 Å². The second kappa shape index (κ2) is 3.83. The normalized spacial score (nSPS) is 12.6. The van der Waals surface area contributed by atoms with Crippen LogP contribution in [-0.4, -0.2) is 18.8 Å². The van der Waals surface area contributed by atoms with Crippen molar-refractivity contribution in [3.05, 3.63) is 0 Å². The largest absolute Gasteiger partial charge is 0.345 e. The van der Waals surface area contributed by atoms with E-state index in [0.29, 0.717) is 6.42 Å². The molecular weight excluding hydrogens is 140 g/mol. The predicted molar refractivity (Wildman–Crippen MR) is 34.8 cm³/mol. The molecule has 2 nitrogen and oxygen atoms in total. The molecule has 10 heavy (non-hydrogen) atoms. The molecule has 0 saturated carbocycles. The summed E-state index contributed by atoms with van der Waals surface area (Å²) >= 11 is 0. The highest BCUT2D eigenvalue weighted by Crippen LogP contribution is 2.05. The zero-order chi connectivity index (χ0) is 8.20. The molecule has 0 spiro atoms. The molecule has 4 heteroatoms. The fourth-order valence-corrected chi connectivity index (χ4v) is 0.411. The Hall–Kier alpha value is -0.220. The lowest BCUT2D eigenvalue weighted by atomic mass is 10.0. The second-order valence-electron chi connectivity index (χ2n) is 2.87. The quantitative estimate of drug-likeness (QED) is 0.661. The Morgan fingerprint density at radius 1 is 1.50 bits per heavy atom. The van der Waals surface area contributed by atoms with Gasteiger partial charge >= 0.3 is 6.61 Å². The Morgan fingerprint density at radius 3 is 2.30 bits per heavy atom. The number of hydrogen-bond acceptors (Lipinski definition) is 2. The fraction of sp³-hybridized carbons (Fsp3) is 1.00. The second-order valence-corrected chi connectivity index (χ2v) is 2.87. The highest BCUT2D eigenvalue weighted by atomic mass is 19.3. The van der Waals surface area contributed by atoms with Crippen molar-refractivity contribution in [2.45, 2.75) is 32.4 Å². The third-order valence-corrected chi connectivity index (χ3v) is 0.990. The van der Waals surface area contributed by atoms with E-state index in [2.05, 4.69) is 4.74 Å². The van der Waals surface area contributed by atoms with Gasteiger partial charge in [0.2, 0.25) is 0 Å². The highest BCUT2D eigenvalue weighted by molar-refractivity contribution is 4.70. The molecule has 0 saturated heterocycles. The lowest BCUT2D eigenvalue weighted by molar-refractivity contribution is -0.131. The third-order valence-electron chi connectivity index (χ3n) is 0.990. The van der Waals surface area contributed by atoms with Crippen molar-refractivity contribution < 1.29 is 13.5 Å². The molecule has 2 N–H and O–H groups in total. The molecule has 0 aromatic rings. The summed E-state index contributed by atoms with van der Waals surface area (Å²) in [5.74, 6) is 0. The van der Waals surface area contributed by atoms with Gasteiger partial charge < -0.3 is 10.5 Å². The molecule has 0 amide bonds. The molecule has 0 fully saturated rings. The summed E-state index contributed by atoms with van der Waals surface area (Å²) in [7, 11) is 0. The molecule has 62 valence electrons. The van der Waals surface area contributed by atoms with Crippen LogP contribution in [0.4, 0.5) is 8.78 Å². The van der Waals surface area contributed by atoms with Crippen molar-refractivity contribution in [2.24, 2.45) is 5.73 Å². The minimum Gasteiger partial charge on any atom is -0.325 e. The monoisotopic (exact) mass is 153 g/mol. The molecule has 0 aromatic heterocycles. The van der Waals surface area contributed by atoms with Gasteiger partial charge in [-0.1, -0.05) is 0 Å². The van der Waals surface area contributed by atoms with E-state index in [1.807, 2.05) is 0 Å². The minimum atomic E-state index is -2.68. The van der Waals surface area contributed by atoms with Gasteiger partial charge in [-0.2, -0.15) is 8.78 Å². The Bertz CT molecular complexity index is 90.2. The lowest BCUT2D eigenvalue weighted by Gasteiger charge is -2.17. The number of halogens is 2. The molecule has 0 heterocycles. The molecule has 0 aliphatic rings. The van der Waals surface area contributed by atoms with Crippen molar-refractivity contribution in [1.82, 2.24) is 0 Å². The summed E-state index contributed by atoms with van der Waals surface area (Å²) in [6, 6.07) is 0. The van der Waals surface area contributed by atoms with Crippen molar-refractivity contribution >= 4 is 0 Å². The summed E-state index contributed by atoms with van der Waals surface area (Å²) in [4.78, 5) is 0. The summed E-state index contributed by atoms with van der Waals surface area (Å²) in [5, 5.41) is 0. The van der Waals surface area contributed by atoms with Crippen LogP contribution < -0.4 is 5.73 Å². The smallest absolute Gasteiger partial charge is 0.325 e. The van der Waals surface area contributed by atoms with Gasteiger partial charge in [-0.15, -0.1) is 0 Å². The predicted octanol–water partition coefficient (Wildman–Crippen LogP) is 1.35. The molecule has 0 aliphatic heterocycles. The zero-order valence-corrected chi connectivity index (χ0v) is 6.23. The first-order chi connectivity index (χ1) is 4.42. The van der Waals surface area contributed by atoms with Gasteiger partial charge in [-0.3, -0.25) is 0 Å². The van der Waals surface area contributed by atoms with Crippen molar-refractivity contribution in [3.8, 4) is 0 Å². The number of nitrogens with two attached hydrogens (primary N) is 1. The summed E-state index contributed by atoms with van der Waals surface area (Å²) in [6.45, 7) is 0.868. The highest BCUT2D eigenvalue weighted by Gasteiger charge is 2.11. The SMILES string of the molecule is CC(C)(N)CCOC(F)F. The maximum Gasteiger partial charge on any atom is 0.345 e. The standard InChI is InChI=1S/C6H13F2NO/c1-6(2,9)3-4-10-5(7)8/h5H,3-4,9H2,1-2H3. The summed E-state index contributed by atoms with van der Waals surface area (Å²) < 4.78 is 26.7. The van der Waals surface area contributed by atoms with Crippen LogP contribution in [0.15, 0.2) is 0 Å². The van der Waals surface area contributed by atoms with Crippen molar-refractivity contribution in [1.29, 1.82) is 0 Å². The molecule has 0 rings (SSSR count). The molecular formula is C6H13F2NO. The lowest BCUT2D eigenvalue weighted by Crippen LogP contribution is -2.33. The van der Waals surface area contributed by atoms with Gasteiger partial charge in [0.1, 0.15) is 0 Å². The van der Waals surface area contributed by atoms with E-state index >= 15 is 0 Å². The van der Waals surface area contributed by atoms with E-state index in [1.165, 1.54) is 0 Å². The number of ether oxygens (including phenoxy) is 1. The van der Waals surface area contributed by atoms with Crippen LogP contribution in [-0.2, 0) is 4.74 Å². The zero-order valence-electron chi connectivity index (χ0n) is 6.23. The number of alkyl halides is 2. The van der Waals surface area contributed by atoms with Crippen LogP contribution in [0, 0.1) is 0 Å². The van der Waals surface area contributed by atoms with E-state index in [1.54, 1.807) is 13.8 Å².